The lowest BCUT2D eigenvalue weighted by Crippen LogP contribution is -2.44. The second-order valence-corrected chi connectivity index (χ2v) is 9.73. The van der Waals surface area contributed by atoms with Crippen LogP contribution in [0.2, 0.25) is 0 Å². The standard InChI is InChI=1S/C19H30N2O4S2/c1-4-15-14-21(11-9-16(15)13-19(22)20-10-12-26-3)27(23,24)18-7-5-17(25-2)6-8-18/h5-8,15-16H,4,9-14H2,1-3H3,(H,20,22)/t15-,16-/m0/s1. The van der Waals surface area contributed by atoms with Gasteiger partial charge in [-0.2, -0.15) is 16.1 Å². The van der Waals surface area contributed by atoms with Gasteiger partial charge in [-0.3, -0.25) is 4.79 Å². The van der Waals surface area contributed by atoms with Crippen molar-refractivity contribution in [1.82, 2.24) is 9.62 Å². The lowest BCUT2D eigenvalue weighted by Gasteiger charge is -2.37. The number of hydrogen-bond donors (Lipinski definition) is 1. The third-order valence-electron chi connectivity index (χ3n) is 5.15. The van der Waals surface area contributed by atoms with Gasteiger partial charge in [0.25, 0.3) is 0 Å². The third kappa shape index (κ3) is 5.86. The molecular weight excluding hydrogens is 384 g/mol. The van der Waals surface area contributed by atoms with Gasteiger partial charge in [0.1, 0.15) is 5.75 Å². The minimum Gasteiger partial charge on any atom is -0.497 e. The molecule has 6 nitrogen and oxygen atoms in total. The smallest absolute Gasteiger partial charge is 0.243 e. The molecule has 0 spiro atoms. The van der Waals surface area contributed by atoms with Crippen LogP contribution >= 0.6 is 11.8 Å². The van der Waals surface area contributed by atoms with Gasteiger partial charge in [0.05, 0.1) is 12.0 Å². The molecule has 1 aromatic carbocycles. The molecule has 1 saturated heterocycles. The molecule has 1 aliphatic heterocycles. The van der Waals surface area contributed by atoms with Gasteiger partial charge >= 0.3 is 0 Å². The van der Waals surface area contributed by atoms with E-state index in [-0.39, 0.29) is 22.6 Å². The number of nitrogens with one attached hydrogen (secondary N) is 1. The number of carbonyl (C=O) groups is 1. The van der Waals surface area contributed by atoms with E-state index in [9.17, 15) is 13.2 Å². The first-order valence-electron chi connectivity index (χ1n) is 9.32. The second-order valence-electron chi connectivity index (χ2n) is 6.80. The molecule has 0 unspecified atom stereocenters. The van der Waals surface area contributed by atoms with Crippen molar-refractivity contribution in [3.8, 4) is 5.75 Å². The van der Waals surface area contributed by atoms with E-state index < -0.39 is 10.0 Å². The van der Waals surface area contributed by atoms with Crippen LogP contribution < -0.4 is 10.1 Å². The van der Waals surface area contributed by atoms with Gasteiger partial charge in [0.15, 0.2) is 0 Å². The zero-order valence-corrected chi connectivity index (χ0v) is 17.9. The highest BCUT2D eigenvalue weighted by Crippen LogP contribution is 2.32. The minimum absolute atomic E-state index is 0.0685. The minimum atomic E-state index is -3.53. The van der Waals surface area contributed by atoms with E-state index in [1.54, 1.807) is 47.4 Å². The summed E-state index contributed by atoms with van der Waals surface area (Å²) in [5.74, 6) is 2.02. The highest BCUT2D eigenvalue weighted by atomic mass is 32.2. The van der Waals surface area contributed by atoms with Crippen LogP contribution in [0.25, 0.3) is 0 Å². The van der Waals surface area contributed by atoms with Crippen LogP contribution in [0.5, 0.6) is 5.75 Å². The molecule has 0 bridgehead atoms. The van der Waals surface area contributed by atoms with Crippen molar-refractivity contribution in [3.05, 3.63) is 24.3 Å². The Morgan fingerprint density at radius 3 is 2.59 bits per heavy atom. The van der Waals surface area contributed by atoms with Gasteiger partial charge in [0.2, 0.25) is 15.9 Å². The maximum Gasteiger partial charge on any atom is 0.243 e. The van der Waals surface area contributed by atoms with Crippen molar-refractivity contribution in [3.63, 3.8) is 0 Å². The van der Waals surface area contributed by atoms with Crippen LogP contribution in [0.1, 0.15) is 26.2 Å². The molecule has 1 N–H and O–H groups in total. The Kier molecular flexibility index (Phi) is 8.44. The fourth-order valence-corrected chi connectivity index (χ4v) is 5.31. The predicted octanol–water partition coefficient (Wildman–Crippen LogP) is 2.60. The second kappa shape index (κ2) is 10.3. The lowest BCUT2D eigenvalue weighted by molar-refractivity contribution is -0.122. The number of sulfonamides is 1. The van der Waals surface area contributed by atoms with E-state index in [0.29, 0.717) is 38.2 Å². The molecule has 1 fully saturated rings. The van der Waals surface area contributed by atoms with E-state index in [2.05, 4.69) is 12.2 Å². The van der Waals surface area contributed by atoms with Crippen molar-refractivity contribution < 1.29 is 17.9 Å². The van der Waals surface area contributed by atoms with Crippen molar-refractivity contribution in [1.29, 1.82) is 0 Å². The summed E-state index contributed by atoms with van der Waals surface area (Å²) in [5.41, 5.74) is 0. The number of methoxy groups -OCH3 is 1. The van der Waals surface area contributed by atoms with Gasteiger partial charge in [-0.05, 0) is 48.8 Å². The number of hydrogen-bond acceptors (Lipinski definition) is 5. The molecule has 2 rings (SSSR count). The zero-order valence-electron chi connectivity index (χ0n) is 16.3. The summed E-state index contributed by atoms with van der Waals surface area (Å²) in [6, 6.07) is 6.49. The number of piperidine rings is 1. The molecule has 152 valence electrons. The van der Waals surface area contributed by atoms with Gasteiger partial charge in [-0.15, -0.1) is 0 Å². The van der Waals surface area contributed by atoms with Crippen LogP contribution in [0.4, 0.5) is 0 Å². The topological polar surface area (TPSA) is 75.7 Å². The third-order valence-corrected chi connectivity index (χ3v) is 7.64. The highest BCUT2D eigenvalue weighted by molar-refractivity contribution is 7.98. The number of amides is 1. The van der Waals surface area contributed by atoms with Gasteiger partial charge < -0.3 is 10.1 Å². The first-order valence-corrected chi connectivity index (χ1v) is 12.2. The Morgan fingerprint density at radius 1 is 1.30 bits per heavy atom. The number of thioether (sulfide) groups is 1. The van der Waals surface area contributed by atoms with E-state index in [4.69, 9.17) is 4.74 Å². The Bertz CT molecular complexity index is 707. The Balaban J connectivity index is 2.00. The molecule has 8 heteroatoms. The molecule has 1 aromatic rings. The molecule has 0 aliphatic carbocycles. The number of benzene rings is 1. The average molecular weight is 415 g/mol. The van der Waals surface area contributed by atoms with E-state index in [1.807, 2.05) is 6.26 Å². The fraction of sp³-hybridized carbons (Fsp3) is 0.632. The monoisotopic (exact) mass is 414 g/mol. The molecule has 0 aromatic heterocycles. The van der Waals surface area contributed by atoms with Crippen LogP contribution in [0, 0.1) is 11.8 Å². The molecule has 27 heavy (non-hydrogen) atoms. The molecule has 2 atom stereocenters. The predicted molar refractivity (Wildman–Crippen MR) is 110 cm³/mol. The summed E-state index contributed by atoms with van der Waals surface area (Å²) in [6.07, 6.45) is 4.06. The van der Waals surface area contributed by atoms with Crippen LogP contribution in [-0.4, -0.2) is 57.4 Å². The maximum atomic E-state index is 13.0. The van der Waals surface area contributed by atoms with Gasteiger partial charge in [0, 0.05) is 31.8 Å². The first-order chi connectivity index (χ1) is 12.9. The zero-order chi connectivity index (χ0) is 19.9. The lowest BCUT2D eigenvalue weighted by atomic mass is 9.82. The largest absolute Gasteiger partial charge is 0.497 e. The number of carbonyl (C=O) groups excluding carboxylic acids is 1. The van der Waals surface area contributed by atoms with E-state index >= 15 is 0 Å². The molecule has 0 radical (unpaired) electrons. The fourth-order valence-electron chi connectivity index (χ4n) is 3.50. The summed E-state index contributed by atoms with van der Waals surface area (Å²) in [4.78, 5) is 12.4. The number of ether oxygens (including phenoxy) is 1. The van der Waals surface area contributed by atoms with Crippen LogP contribution in [0.15, 0.2) is 29.2 Å². The van der Waals surface area contributed by atoms with Gasteiger partial charge in [-0.25, -0.2) is 8.42 Å². The van der Waals surface area contributed by atoms with Crippen molar-refractivity contribution in [2.75, 3.05) is 38.8 Å². The number of rotatable bonds is 9. The molecule has 1 aliphatic rings. The molecule has 0 saturated carbocycles. The Morgan fingerprint density at radius 2 is 2.00 bits per heavy atom. The SMILES string of the molecule is CC[C@H]1CN(S(=O)(=O)c2ccc(OC)cc2)CC[C@H]1CC(=O)NCCSC. The summed E-state index contributed by atoms with van der Waals surface area (Å²) in [7, 11) is -1.97. The highest BCUT2D eigenvalue weighted by Gasteiger charge is 2.35. The Hall–Kier alpha value is -1.25. The first kappa shape index (κ1) is 22.0. The maximum absolute atomic E-state index is 13.0. The van der Waals surface area contributed by atoms with Crippen LogP contribution in [0.3, 0.4) is 0 Å². The Labute approximate surface area is 167 Å². The van der Waals surface area contributed by atoms with Crippen LogP contribution in [-0.2, 0) is 14.8 Å². The van der Waals surface area contributed by atoms with Crippen molar-refractivity contribution in [2.45, 2.75) is 31.1 Å². The van der Waals surface area contributed by atoms with Crippen molar-refractivity contribution >= 4 is 27.7 Å². The van der Waals surface area contributed by atoms with Gasteiger partial charge in [-0.1, -0.05) is 13.3 Å². The number of nitrogens with zero attached hydrogens (tertiary/aromatic N) is 1. The average Bonchev–Trinajstić information content (AvgIpc) is 2.68. The van der Waals surface area contributed by atoms with Crippen molar-refractivity contribution in [2.24, 2.45) is 11.8 Å². The normalized spacial score (nSPS) is 21.0. The van der Waals surface area contributed by atoms with E-state index in [0.717, 1.165) is 12.2 Å². The molecular formula is C19H30N2O4S2. The summed E-state index contributed by atoms with van der Waals surface area (Å²) in [6.45, 7) is 3.66. The summed E-state index contributed by atoms with van der Waals surface area (Å²) >= 11 is 1.70. The van der Waals surface area contributed by atoms with E-state index in [1.165, 1.54) is 0 Å². The quantitative estimate of drug-likeness (QED) is 0.629. The summed E-state index contributed by atoms with van der Waals surface area (Å²) < 4.78 is 32.6. The summed E-state index contributed by atoms with van der Waals surface area (Å²) in [5, 5.41) is 2.95. The molecule has 1 heterocycles. The molecule has 1 amide bonds.